The minimum absolute atomic E-state index is 0.00334. The Balaban J connectivity index is 1.47. The van der Waals surface area contributed by atoms with Crippen LogP contribution in [0.1, 0.15) is 23.2 Å². The van der Waals surface area contributed by atoms with Gasteiger partial charge in [0, 0.05) is 35.5 Å². The van der Waals surface area contributed by atoms with E-state index in [0.717, 1.165) is 35.4 Å². The van der Waals surface area contributed by atoms with Crippen molar-refractivity contribution in [3.05, 3.63) is 72.6 Å². The maximum atomic E-state index is 12.3. The zero-order chi connectivity index (χ0) is 23.3. The van der Waals surface area contributed by atoms with Crippen molar-refractivity contribution in [1.82, 2.24) is 19.7 Å². The highest BCUT2D eigenvalue weighted by Crippen LogP contribution is 2.28. The number of hydrogen-bond acceptors (Lipinski definition) is 6. The Morgan fingerprint density at radius 1 is 1.06 bits per heavy atom. The smallest absolute Gasteiger partial charge is 0.251 e. The molecule has 0 spiro atoms. The van der Waals surface area contributed by atoms with Crippen molar-refractivity contribution in [3.8, 4) is 22.5 Å². The number of carbonyl (C=O) groups excluding carboxylic acids is 1. The van der Waals surface area contributed by atoms with Gasteiger partial charge in [-0.2, -0.15) is 0 Å². The van der Waals surface area contributed by atoms with Crippen LogP contribution in [0.2, 0.25) is 0 Å². The molecule has 1 fully saturated rings. The van der Waals surface area contributed by atoms with Crippen molar-refractivity contribution in [2.24, 2.45) is 0 Å². The predicted molar refractivity (Wildman–Crippen MR) is 131 cm³/mol. The SMILES string of the molecule is O=C(NC1CC1)c1ccc(-c2cnc3c(NCCOCCO)nc(-c4ccccc4)cn23)cc1. The Bertz CT molecular complexity index is 1270. The van der Waals surface area contributed by atoms with Crippen molar-refractivity contribution in [2.75, 3.05) is 31.7 Å². The third-order valence-electron chi connectivity index (χ3n) is 5.69. The Kier molecular flexibility index (Phi) is 6.51. The molecule has 2 aromatic heterocycles. The summed E-state index contributed by atoms with van der Waals surface area (Å²) in [5.41, 5.74) is 5.03. The fraction of sp³-hybridized carbons (Fsp3) is 0.269. The molecule has 0 unspecified atom stereocenters. The summed E-state index contributed by atoms with van der Waals surface area (Å²) in [6.45, 7) is 1.28. The molecule has 2 aromatic carbocycles. The van der Waals surface area contributed by atoms with Crippen LogP contribution in [0.4, 0.5) is 5.82 Å². The first-order valence-electron chi connectivity index (χ1n) is 11.5. The van der Waals surface area contributed by atoms with Gasteiger partial charge in [0.25, 0.3) is 5.91 Å². The molecule has 4 aromatic rings. The van der Waals surface area contributed by atoms with Crippen molar-refractivity contribution < 1.29 is 14.6 Å². The van der Waals surface area contributed by atoms with Crippen LogP contribution < -0.4 is 10.6 Å². The minimum Gasteiger partial charge on any atom is -0.394 e. The lowest BCUT2D eigenvalue weighted by Gasteiger charge is -2.12. The van der Waals surface area contributed by atoms with E-state index in [-0.39, 0.29) is 12.5 Å². The van der Waals surface area contributed by atoms with E-state index in [1.54, 1.807) is 0 Å². The fourth-order valence-electron chi connectivity index (χ4n) is 3.77. The van der Waals surface area contributed by atoms with E-state index in [4.69, 9.17) is 14.8 Å². The number of amides is 1. The van der Waals surface area contributed by atoms with Gasteiger partial charge in [0.15, 0.2) is 11.5 Å². The van der Waals surface area contributed by atoms with E-state index in [0.29, 0.717) is 42.8 Å². The highest BCUT2D eigenvalue weighted by molar-refractivity contribution is 5.95. The van der Waals surface area contributed by atoms with Gasteiger partial charge >= 0.3 is 0 Å². The zero-order valence-corrected chi connectivity index (χ0v) is 18.8. The average Bonchev–Trinajstić information content (AvgIpc) is 3.59. The summed E-state index contributed by atoms with van der Waals surface area (Å²) in [5, 5.41) is 15.2. The van der Waals surface area contributed by atoms with Crippen LogP contribution in [-0.4, -0.2) is 57.8 Å². The normalized spacial score (nSPS) is 13.2. The van der Waals surface area contributed by atoms with Gasteiger partial charge in [-0.05, 0) is 25.0 Å². The molecular weight excluding hydrogens is 430 g/mol. The highest BCUT2D eigenvalue weighted by Gasteiger charge is 2.23. The largest absolute Gasteiger partial charge is 0.394 e. The Labute approximate surface area is 197 Å². The highest BCUT2D eigenvalue weighted by atomic mass is 16.5. The number of imidazole rings is 1. The molecule has 0 bridgehead atoms. The van der Waals surface area contributed by atoms with Gasteiger partial charge in [-0.15, -0.1) is 0 Å². The van der Waals surface area contributed by atoms with Crippen molar-refractivity contribution in [1.29, 1.82) is 0 Å². The van der Waals surface area contributed by atoms with E-state index < -0.39 is 0 Å². The maximum Gasteiger partial charge on any atom is 0.251 e. The predicted octanol–water partition coefficient (Wildman–Crippen LogP) is 3.38. The summed E-state index contributed by atoms with van der Waals surface area (Å²) in [6.07, 6.45) is 5.92. The van der Waals surface area contributed by atoms with Crippen LogP contribution in [0.5, 0.6) is 0 Å². The molecule has 1 aliphatic rings. The van der Waals surface area contributed by atoms with Gasteiger partial charge in [-0.25, -0.2) is 9.97 Å². The van der Waals surface area contributed by atoms with Gasteiger partial charge in [-0.1, -0.05) is 42.5 Å². The molecule has 8 heteroatoms. The quantitative estimate of drug-likeness (QED) is 0.316. The zero-order valence-electron chi connectivity index (χ0n) is 18.8. The topological polar surface area (TPSA) is 101 Å². The van der Waals surface area contributed by atoms with Gasteiger partial charge in [-0.3, -0.25) is 9.20 Å². The van der Waals surface area contributed by atoms with Crippen LogP contribution in [0.3, 0.4) is 0 Å². The number of anilines is 1. The van der Waals surface area contributed by atoms with Crippen molar-refractivity contribution >= 4 is 17.4 Å². The summed E-state index contributed by atoms with van der Waals surface area (Å²) in [4.78, 5) is 21.8. The first-order valence-corrected chi connectivity index (χ1v) is 11.5. The molecule has 1 amide bonds. The molecule has 174 valence electrons. The number of nitrogens with one attached hydrogen (secondary N) is 2. The molecule has 2 heterocycles. The lowest BCUT2D eigenvalue weighted by Crippen LogP contribution is -2.25. The second-order valence-corrected chi connectivity index (χ2v) is 8.27. The minimum atomic E-state index is -0.0299. The number of ether oxygens (including phenoxy) is 1. The maximum absolute atomic E-state index is 12.3. The summed E-state index contributed by atoms with van der Waals surface area (Å²) >= 11 is 0. The van der Waals surface area contributed by atoms with E-state index in [1.165, 1.54) is 0 Å². The number of benzene rings is 2. The van der Waals surface area contributed by atoms with E-state index in [2.05, 4.69) is 15.6 Å². The second kappa shape index (κ2) is 10.0. The molecule has 8 nitrogen and oxygen atoms in total. The third kappa shape index (κ3) is 4.93. The molecule has 0 saturated heterocycles. The van der Waals surface area contributed by atoms with E-state index in [9.17, 15) is 4.79 Å². The third-order valence-corrected chi connectivity index (χ3v) is 5.69. The lowest BCUT2D eigenvalue weighted by atomic mass is 10.1. The summed E-state index contributed by atoms with van der Waals surface area (Å²) in [6, 6.07) is 17.9. The molecule has 0 radical (unpaired) electrons. The first-order chi connectivity index (χ1) is 16.7. The summed E-state index contributed by atoms with van der Waals surface area (Å²) in [5.74, 6) is 0.623. The van der Waals surface area contributed by atoms with E-state index >= 15 is 0 Å². The van der Waals surface area contributed by atoms with Crippen LogP contribution in [0.25, 0.3) is 28.2 Å². The number of aliphatic hydroxyl groups is 1. The molecule has 0 atom stereocenters. The second-order valence-electron chi connectivity index (χ2n) is 8.27. The van der Waals surface area contributed by atoms with Gasteiger partial charge in [0.1, 0.15) is 0 Å². The molecule has 3 N–H and O–H groups in total. The Hall–Kier alpha value is -3.75. The monoisotopic (exact) mass is 457 g/mol. The molecule has 0 aliphatic heterocycles. The van der Waals surface area contributed by atoms with Crippen LogP contribution in [0, 0.1) is 0 Å². The standard InChI is InChI=1S/C26H27N5O3/c32-13-15-34-14-12-27-24-25-28-16-23(31(25)17-22(30-24)18-4-2-1-3-5-18)19-6-8-20(9-7-19)26(33)29-21-10-11-21/h1-9,16-17,21,32H,10-15H2,(H,27,30)(H,29,33). The molecule has 1 saturated carbocycles. The van der Waals surface area contributed by atoms with Gasteiger partial charge < -0.3 is 20.5 Å². The number of hydrogen-bond donors (Lipinski definition) is 3. The molecule has 34 heavy (non-hydrogen) atoms. The number of rotatable bonds is 10. The van der Waals surface area contributed by atoms with Crippen molar-refractivity contribution in [3.63, 3.8) is 0 Å². The fourth-order valence-corrected chi connectivity index (χ4v) is 3.77. The van der Waals surface area contributed by atoms with Crippen LogP contribution in [0.15, 0.2) is 67.0 Å². The molecular formula is C26H27N5O3. The number of aromatic nitrogens is 3. The van der Waals surface area contributed by atoms with E-state index in [1.807, 2.05) is 71.4 Å². The van der Waals surface area contributed by atoms with Crippen LogP contribution >= 0.6 is 0 Å². The van der Waals surface area contributed by atoms with Crippen molar-refractivity contribution in [2.45, 2.75) is 18.9 Å². The summed E-state index contributed by atoms with van der Waals surface area (Å²) in [7, 11) is 0. The molecule has 1 aliphatic carbocycles. The number of carbonyl (C=O) groups is 1. The van der Waals surface area contributed by atoms with Crippen LogP contribution in [-0.2, 0) is 4.74 Å². The molecule has 5 rings (SSSR count). The Morgan fingerprint density at radius 3 is 2.59 bits per heavy atom. The number of fused-ring (bicyclic) bond motifs is 1. The first kappa shape index (κ1) is 22.1. The van der Waals surface area contributed by atoms with Gasteiger partial charge in [0.2, 0.25) is 0 Å². The number of nitrogens with zero attached hydrogens (tertiary/aromatic N) is 3. The van der Waals surface area contributed by atoms with Gasteiger partial charge in [0.05, 0.1) is 37.4 Å². The summed E-state index contributed by atoms with van der Waals surface area (Å²) < 4.78 is 7.38. The number of aliphatic hydroxyl groups excluding tert-OH is 1. The lowest BCUT2D eigenvalue weighted by molar-refractivity contribution is 0.0951. The Morgan fingerprint density at radius 2 is 1.85 bits per heavy atom. The average molecular weight is 458 g/mol.